The van der Waals surface area contributed by atoms with Gasteiger partial charge in [0, 0.05) is 24.7 Å². The van der Waals surface area contributed by atoms with Crippen LogP contribution in [0.3, 0.4) is 0 Å². The summed E-state index contributed by atoms with van der Waals surface area (Å²) in [5.41, 5.74) is 4.08. The molecule has 1 aromatic heterocycles. The molecule has 1 aliphatic rings. The van der Waals surface area contributed by atoms with Crippen molar-refractivity contribution in [2.45, 2.75) is 26.2 Å². The fraction of sp³-hybridized carbons (Fsp3) is 0.231. The Bertz CT molecular complexity index is 1550. The molecule has 2 heterocycles. The van der Waals surface area contributed by atoms with Crippen LogP contribution in [0.2, 0.25) is 5.02 Å². The van der Waals surface area contributed by atoms with Gasteiger partial charge < -0.3 is 10.2 Å². The van der Waals surface area contributed by atoms with E-state index in [1.807, 2.05) is 36.1 Å². The van der Waals surface area contributed by atoms with Crippen molar-refractivity contribution in [2.24, 2.45) is 0 Å². The summed E-state index contributed by atoms with van der Waals surface area (Å²) in [7, 11) is 0. The Kier molecular flexibility index (Phi) is 7.21. The monoisotopic (exact) mass is 549 g/mol. The molecular formula is C26H24ClN7O3S. The van der Waals surface area contributed by atoms with Crippen molar-refractivity contribution in [2.75, 3.05) is 23.3 Å². The van der Waals surface area contributed by atoms with E-state index in [-0.39, 0.29) is 16.4 Å². The number of fused-ring (bicyclic) bond motifs is 1. The molecule has 4 aromatic rings. The second-order valence-electron chi connectivity index (χ2n) is 9.06. The minimum Gasteiger partial charge on any atom is -0.366 e. The SMILES string of the molecule is Cc1ccc(-n2nc3cc(Cl)c(NC(=S)NC(=O)c4ccc(N5CCCCC5)c([N+](=O)[O-])c4)cc3n2)cc1. The van der Waals surface area contributed by atoms with Gasteiger partial charge in [0.15, 0.2) is 5.11 Å². The molecule has 0 saturated carbocycles. The van der Waals surface area contributed by atoms with Crippen molar-refractivity contribution in [3.8, 4) is 5.69 Å². The molecule has 1 aliphatic heterocycles. The Labute approximate surface area is 228 Å². The summed E-state index contributed by atoms with van der Waals surface area (Å²) in [6.45, 7) is 3.51. The van der Waals surface area contributed by atoms with Gasteiger partial charge in [-0.3, -0.25) is 20.2 Å². The van der Waals surface area contributed by atoms with Crippen molar-refractivity contribution in [1.82, 2.24) is 20.3 Å². The number of amides is 1. The van der Waals surface area contributed by atoms with E-state index in [4.69, 9.17) is 23.8 Å². The van der Waals surface area contributed by atoms with E-state index in [1.165, 1.54) is 10.9 Å². The highest BCUT2D eigenvalue weighted by molar-refractivity contribution is 7.80. The Morgan fingerprint density at radius 1 is 1.03 bits per heavy atom. The van der Waals surface area contributed by atoms with Crippen LogP contribution >= 0.6 is 23.8 Å². The van der Waals surface area contributed by atoms with Gasteiger partial charge in [0.25, 0.3) is 11.6 Å². The normalized spacial score (nSPS) is 13.4. The smallest absolute Gasteiger partial charge is 0.293 e. The summed E-state index contributed by atoms with van der Waals surface area (Å²) < 4.78 is 0. The minimum absolute atomic E-state index is 0.00932. The quantitative estimate of drug-likeness (QED) is 0.193. The van der Waals surface area contributed by atoms with Gasteiger partial charge in [-0.05, 0) is 74.8 Å². The molecule has 12 heteroatoms. The number of rotatable bonds is 5. The summed E-state index contributed by atoms with van der Waals surface area (Å²) in [5.74, 6) is -0.571. The average Bonchev–Trinajstić information content (AvgIpc) is 3.32. The first-order chi connectivity index (χ1) is 18.3. The fourth-order valence-corrected chi connectivity index (χ4v) is 4.78. The van der Waals surface area contributed by atoms with Crippen molar-refractivity contribution in [3.05, 3.63) is 80.9 Å². The molecule has 2 N–H and O–H groups in total. The van der Waals surface area contributed by atoms with E-state index in [0.29, 0.717) is 27.4 Å². The predicted octanol–water partition coefficient (Wildman–Crippen LogP) is 5.41. The number of carbonyl (C=O) groups is 1. The van der Waals surface area contributed by atoms with Crippen molar-refractivity contribution >= 4 is 62.9 Å². The lowest BCUT2D eigenvalue weighted by atomic mass is 10.1. The number of nitrogens with zero attached hydrogens (tertiary/aromatic N) is 5. The number of anilines is 2. The zero-order valence-electron chi connectivity index (χ0n) is 20.5. The number of nitro benzene ring substituents is 1. The molecule has 10 nitrogen and oxygen atoms in total. The highest BCUT2D eigenvalue weighted by Crippen LogP contribution is 2.31. The molecule has 0 aliphatic carbocycles. The molecule has 1 fully saturated rings. The maximum absolute atomic E-state index is 12.9. The number of thiocarbonyl (C=S) groups is 1. The van der Waals surface area contributed by atoms with E-state index in [1.54, 1.807) is 24.3 Å². The molecule has 0 radical (unpaired) electrons. The fourth-order valence-electron chi connectivity index (χ4n) is 4.37. The number of aryl methyl sites for hydroxylation is 1. The number of piperidine rings is 1. The van der Waals surface area contributed by atoms with Gasteiger partial charge in [0.1, 0.15) is 16.7 Å². The first-order valence-corrected chi connectivity index (χ1v) is 12.9. The third kappa shape index (κ3) is 5.43. The van der Waals surface area contributed by atoms with Crippen LogP contribution in [-0.2, 0) is 0 Å². The van der Waals surface area contributed by atoms with Crippen LogP contribution in [0.25, 0.3) is 16.7 Å². The molecule has 3 aromatic carbocycles. The summed E-state index contributed by atoms with van der Waals surface area (Å²) in [4.78, 5) is 27.6. The number of hydrogen-bond acceptors (Lipinski definition) is 7. The molecule has 5 rings (SSSR count). The molecular weight excluding hydrogens is 526 g/mol. The summed E-state index contributed by atoms with van der Waals surface area (Å²) in [5, 5.41) is 26.5. The largest absolute Gasteiger partial charge is 0.366 e. The number of halogens is 1. The van der Waals surface area contributed by atoms with Crippen LogP contribution in [-0.4, -0.2) is 44.0 Å². The van der Waals surface area contributed by atoms with Gasteiger partial charge in [-0.25, -0.2) is 0 Å². The highest BCUT2D eigenvalue weighted by Gasteiger charge is 2.23. The van der Waals surface area contributed by atoms with Gasteiger partial charge >= 0.3 is 0 Å². The Balaban J connectivity index is 1.31. The van der Waals surface area contributed by atoms with Gasteiger partial charge in [0.2, 0.25) is 0 Å². The van der Waals surface area contributed by atoms with E-state index in [9.17, 15) is 14.9 Å². The van der Waals surface area contributed by atoms with E-state index < -0.39 is 10.8 Å². The number of carbonyl (C=O) groups excluding carboxylic acids is 1. The second kappa shape index (κ2) is 10.7. The Morgan fingerprint density at radius 2 is 1.71 bits per heavy atom. The number of nitrogens with one attached hydrogen (secondary N) is 2. The van der Waals surface area contributed by atoms with Crippen molar-refractivity contribution in [1.29, 1.82) is 0 Å². The lowest BCUT2D eigenvalue weighted by Gasteiger charge is -2.28. The summed E-state index contributed by atoms with van der Waals surface area (Å²) in [6, 6.07) is 15.6. The molecule has 1 amide bonds. The zero-order chi connectivity index (χ0) is 26.8. The van der Waals surface area contributed by atoms with Crippen molar-refractivity contribution in [3.63, 3.8) is 0 Å². The minimum atomic E-state index is -0.571. The number of hydrogen-bond donors (Lipinski definition) is 2. The molecule has 38 heavy (non-hydrogen) atoms. The number of nitro groups is 1. The van der Waals surface area contributed by atoms with Crippen LogP contribution in [0.15, 0.2) is 54.6 Å². The van der Waals surface area contributed by atoms with Gasteiger partial charge in [0.05, 0.1) is 21.3 Å². The lowest BCUT2D eigenvalue weighted by molar-refractivity contribution is -0.384. The second-order valence-corrected chi connectivity index (χ2v) is 9.88. The van der Waals surface area contributed by atoms with Gasteiger partial charge in [-0.1, -0.05) is 29.3 Å². The standard InChI is InChI=1S/C26H24ClN7O3S/c1-16-5-8-18(9-6-16)33-30-21-14-19(27)20(15-22(21)31-33)28-26(38)29-25(35)17-7-10-23(24(13-17)34(36)37)32-11-3-2-4-12-32/h5-10,13-15H,2-4,11-12H2,1H3,(H2,28,29,35,38). The molecule has 1 saturated heterocycles. The van der Waals surface area contributed by atoms with Crippen molar-refractivity contribution < 1.29 is 9.72 Å². The van der Waals surface area contributed by atoms with Crippen LogP contribution in [0.5, 0.6) is 0 Å². The van der Waals surface area contributed by atoms with Crippen LogP contribution in [0.4, 0.5) is 17.1 Å². The van der Waals surface area contributed by atoms with Crippen LogP contribution in [0.1, 0.15) is 35.2 Å². The molecule has 194 valence electrons. The zero-order valence-corrected chi connectivity index (χ0v) is 22.1. The molecule has 0 spiro atoms. The number of benzene rings is 3. The van der Waals surface area contributed by atoms with Gasteiger partial charge in [-0.2, -0.15) is 4.80 Å². The highest BCUT2D eigenvalue weighted by atomic mass is 35.5. The summed E-state index contributed by atoms with van der Waals surface area (Å²) >= 11 is 11.7. The molecule has 0 bridgehead atoms. The molecule has 0 atom stereocenters. The van der Waals surface area contributed by atoms with Gasteiger partial charge in [-0.15, -0.1) is 10.2 Å². The first-order valence-electron chi connectivity index (χ1n) is 12.1. The third-order valence-corrected chi connectivity index (χ3v) is 6.86. The molecule has 0 unspecified atom stereocenters. The van der Waals surface area contributed by atoms with Crippen LogP contribution in [0, 0.1) is 17.0 Å². The maximum atomic E-state index is 12.9. The Hall–Kier alpha value is -4.09. The third-order valence-electron chi connectivity index (χ3n) is 6.34. The number of aromatic nitrogens is 3. The van der Waals surface area contributed by atoms with Crippen LogP contribution < -0.4 is 15.5 Å². The van der Waals surface area contributed by atoms with E-state index in [2.05, 4.69) is 20.8 Å². The van der Waals surface area contributed by atoms with E-state index >= 15 is 0 Å². The van der Waals surface area contributed by atoms with E-state index in [0.717, 1.165) is 43.6 Å². The topological polar surface area (TPSA) is 118 Å². The predicted molar refractivity (Wildman–Crippen MR) is 151 cm³/mol. The summed E-state index contributed by atoms with van der Waals surface area (Å²) in [6.07, 6.45) is 3.07. The average molecular weight is 550 g/mol. The Morgan fingerprint density at radius 3 is 2.39 bits per heavy atom. The first kappa shape index (κ1) is 25.6. The lowest BCUT2D eigenvalue weighted by Crippen LogP contribution is -2.34. The maximum Gasteiger partial charge on any atom is 0.293 e.